The van der Waals surface area contributed by atoms with Gasteiger partial charge in [-0.25, -0.2) is 0 Å². The molecule has 1 aromatic heterocycles. The van der Waals surface area contributed by atoms with Crippen LogP contribution in [0.3, 0.4) is 0 Å². The lowest BCUT2D eigenvalue weighted by molar-refractivity contribution is 1.65. The lowest BCUT2D eigenvalue weighted by Crippen LogP contribution is -1.73. The van der Waals surface area contributed by atoms with Crippen LogP contribution in [0.5, 0.6) is 0 Å². The number of nitrogens with two attached hydrogens (primary N) is 1. The summed E-state index contributed by atoms with van der Waals surface area (Å²) in [7, 11) is 0. The molecule has 0 fully saturated rings. The van der Waals surface area contributed by atoms with Crippen LogP contribution in [0.15, 0.2) is 40.9 Å². The second kappa shape index (κ2) is 3.52. The average molecular weight is 254 g/mol. The van der Waals surface area contributed by atoms with Crippen LogP contribution < -0.4 is 5.73 Å². The van der Waals surface area contributed by atoms with Crippen molar-refractivity contribution < 1.29 is 0 Å². The van der Waals surface area contributed by atoms with Crippen molar-refractivity contribution in [2.75, 3.05) is 5.73 Å². The predicted octanol–water partition coefficient (Wildman–Crippen LogP) is 3.76. The second-order valence-electron chi connectivity index (χ2n) is 2.71. The summed E-state index contributed by atoms with van der Waals surface area (Å²) in [6, 6.07) is 12.2. The fraction of sp³-hybridized carbons (Fsp3) is 0. The van der Waals surface area contributed by atoms with Crippen molar-refractivity contribution in [1.29, 1.82) is 0 Å². The zero-order valence-electron chi connectivity index (χ0n) is 6.83. The Morgan fingerprint density at radius 3 is 2.62 bits per heavy atom. The minimum Gasteiger partial charge on any atom is -0.391 e. The molecule has 2 rings (SSSR count). The van der Waals surface area contributed by atoms with Gasteiger partial charge >= 0.3 is 0 Å². The van der Waals surface area contributed by atoms with Crippen LogP contribution in [0.2, 0.25) is 0 Å². The first-order valence-electron chi connectivity index (χ1n) is 3.87. The van der Waals surface area contributed by atoms with Crippen LogP contribution in [0.25, 0.3) is 10.4 Å². The zero-order chi connectivity index (χ0) is 9.26. The number of rotatable bonds is 1. The Morgan fingerprint density at radius 2 is 2.00 bits per heavy atom. The molecule has 0 radical (unpaired) electrons. The molecule has 3 heteroatoms. The third-order valence-electron chi connectivity index (χ3n) is 1.74. The summed E-state index contributed by atoms with van der Waals surface area (Å²) < 4.78 is 1.09. The monoisotopic (exact) mass is 253 g/mol. The summed E-state index contributed by atoms with van der Waals surface area (Å²) in [4.78, 5) is 1.21. The number of nitrogen functional groups attached to an aromatic ring is 1. The van der Waals surface area contributed by atoms with Crippen LogP contribution in [0.4, 0.5) is 5.00 Å². The van der Waals surface area contributed by atoms with Crippen molar-refractivity contribution >= 4 is 32.3 Å². The van der Waals surface area contributed by atoms with E-state index in [1.165, 1.54) is 10.4 Å². The van der Waals surface area contributed by atoms with E-state index in [0.717, 1.165) is 9.47 Å². The average Bonchev–Trinajstić information content (AvgIpc) is 2.52. The van der Waals surface area contributed by atoms with E-state index >= 15 is 0 Å². The maximum atomic E-state index is 5.66. The Bertz CT molecular complexity index is 422. The first-order chi connectivity index (χ1) is 6.25. The van der Waals surface area contributed by atoms with Gasteiger partial charge in [0.25, 0.3) is 0 Å². The van der Waals surface area contributed by atoms with Crippen LogP contribution in [-0.4, -0.2) is 0 Å². The van der Waals surface area contributed by atoms with Crippen molar-refractivity contribution in [2.24, 2.45) is 0 Å². The summed E-state index contributed by atoms with van der Waals surface area (Å²) in [6.45, 7) is 0. The molecule has 2 N–H and O–H groups in total. The molecule has 1 heterocycles. The van der Waals surface area contributed by atoms with E-state index in [2.05, 4.69) is 28.1 Å². The normalized spacial score (nSPS) is 10.2. The van der Waals surface area contributed by atoms with E-state index in [1.54, 1.807) is 11.3 Å². The van der Waals surface area contributed by atoms with E-state index in [1.807, 2.05) is 24.3 Å². The van der Waals surface area contributed by atoms with Crippen LogP contribution >= 0.6 is 27.3 Å². The molecule has 0 saturated heterocycles. The number of anilines is 1. The smallest absolute Gasteiger partial charge is 0.0862 e. The van der Waals surface area contributed by atoms with Crippen molar-refractivity contribution in [1.82, 2.24) is 0 Å². The molecule has 0 spiro atoms. The minimum atomic E-state index is 0.856. The fourth-order valence-corrected chi connectivity index (χ4v) is 2.32. The lowest BCUT2D eigenvalue weighted by Gasteiger charge is -1.96. The molecular formula is C10H8BrNS. The molecule has 0 aliphatic carbocycles. The van der Waals surface area contributed by atoms with Crippen molar-refractivity contribution in [3.8, 4) is 10.4 Å². The van der Waals surface area contributed by atoms with Gasteiger partial charge < -0.3 is 5.73 Å². The molecule has 0 aliphatic rings. The van der Waals surface area contributed by atoms with Gasteiger partial charge in [0.05, 0.1) is 5.00 Å². The zero-order valence-corrected chi connectivity index (χ0v) is 9.23. The Kier molecular flexibility index (Phi) is 2.38. The molecule has 2 aromatic rings. The van der Waals surface area contributed by atoms with Crippen LogP contribution in [-0.2, 0) is 0 Å². The van der Waals surface area contributed by atoms with Gasteiger partial charge in [-0.3, -0.25) is 0 Å². The highest BCUT2D eigenvalue weighted by Crippen LogP contribution is 2.30. The van der Waals surface area contributed by atoms with Crippen molar-refractivity contribution in [2.45, 2.75) is 0 Å². The topological polar surface area (TPSA) is 26.0 Å². The molecule has 0 unspecified atom stereocenters. The number of thiophene rings is 1. The maximum absolute atomic E-state index is 5.66. The summed E-state index contributed by atoms with van der Waals surface area (Å²) in [6.07, 6.45) is 0. The molecule has 0 amide bonds. The largest absolute Gasteiger partial charge is 0.391 e. The van der Waals surface area contributed by atoms with Gasteiger partial charge in [0.2, 0.25) is 0 Å². The summed E-state index contributed by atoms with van der Waals surface area (Å²) in [5.41, 5.74) is 6.87. The molecule has 0 aliphatic heterocycles. The Morgan fingerprint density at radius 1 is 1.15 bits per heavy atom. The quantitative estimate of drug-likeness (QED) is 0.823. The molecule has 66 valence electrons. The third kappa shape index (κ3) is 1.92. The highest BCUT2D eigenvalue weighted by Gasteiger charge is 2.00. The van der Waals surface area contributed by atoms with Gasteiger partial charge in [-0.05, 0) is 29.8 Å². The molecular weight excluding hydrogens is 246 g/mol. The first-order valence-corrected chi connectivity index (χ1v) is 5.48. The highest BCUT2D eigenvalue weighted by atomic mass is 79.9. The van der Waals surface area contributed by atoms with Gasteiger partial charge in [0.15, 0.2) is 0 Å². The Hall–Kier alpha value is -0.800. The van der Waals surface area contributed by atoms with Gasteiger partial charge in [-0.2, -0.15) is 0 Å². The molecule has 0 bridgehead atoms. The van der Waals surface area contributed by atoms with Gasteiger partial charge in [0, 0.05) is 9.35 Å². The van der Waals surface area contributed by atoms with E-state index < -0.39 is 0 Å². The lowest BCUT2D eigenvalue weighted by atomic mass is 10.2. The number of halogens is 1. The fourth-order valence-electron chi connectivity index (χ4n) is 1.15. The van der Waals surface area contributed by atoms with Crippen molar-refractivity contribution in [3.63, 3.8) is 0 Å². The Balaban J connectivity index is 2.46. The summed E-state index contributed by atoms with van der Waals surface area (Å²) in [5.74, 6) is 0. The third-order valence-corrected chi connectivity index (χ3v) is 3.19. The SMILES string of the molecule is Nc1ccc(-c2cccc(Br)c2)s1. The van der Waals surface area contributed by atoms with Crippen molar-refractivity contribution in [3.05, 3.63) is 40.9 Å². The van der Waals surface area contributed by atoms with Crippen LogP contribution in [0.1, 0.15) is 0 Å². The predicted molar refractivity (Wildman–Crippen MR) is 61.9 cm³/mol. The second-order valence-corrected chi connectivity index (χ2v) is 4.74. The number of benzene rings is 1. The van der Waals surface area contributed by atoms with Gasteiger partial charge in [-0.1, -0.05) is 28.1 Å². The van der Waals surface area contributed by atoms with Gasteiger partial charge in [-0.15, -0.1) is 11.3 Å². The molecule has 13 heavy (non-hydrogen) atoms. The molecule has 1 nitrogen and oxygen atoms in total. The molecule has 0 atom stereocenters. The maximum Gasteiger partial charge on any atom is 0.0862 e. The van der Waals surface area contributed by atoms with E-state index in [-0.39, 0.29) is 0 Å². The summed E-state index contributed by atoms with van der Waals surface area (Å²) >= 11 is 5.05. The van der Waals surface area contributed by atoms with E-state index in [9.17, 15) is 0 Å². The van der Waals surface area contributed by atoms with Crippen LogP contribution in [0, 0.1) is 0 Å². The van der Waals surface area contributed by atoms with E-state index in [4.69, 9.17) is 5.73 Å². The summed E-state index contributed by atoms with van der Waals surface area (Å²) in [5, 5.41) is 0.856. The minimum absolute atomic E-state index is 0.856. The first kappa shape index (κ1) is 8.78. The standard InChI is InChI=1S/C10H8BrNS/c11-8-3-1-2-7(6-8)9-4-5-10(12)13-9/h1-6H,12H2. The Labute approximate surface area is 89.3 Å². The molecule has 0 saturated carbocycles. The molecule has 1 aromatic carbocycles. The van der Waals surface area contributed by atoms with E-state index in [0.29, 0.717) is 0 Å². The number of hydrogen-bond donors (Lipinski definition) is 1. The highest BCUT2D eigenvalue weighted by molar-refractivity contribution is 9.10. The van der Waals surface area contributed by atoms with Gasteiger partial charge in [0.1, 0.15) is 0 Å². The number of hydrogen-bond acceptors (Lipinski definition) is 2.